The molecule has 1 N–H and O–H groups in total. The fraction of sp³-hybridized carbons (Fsp3) is 0.308. The molecule has 0 aliphatic rings. The van der Waals surface area contributed by atoms with Gasteiger partial charge in [-0.15, -0.1) is 11.3 Å². The van der Waals surface area contributed by atoms with Crippen molar-refractivity contribution in [1.29, 1.82) is 0 Å². The summed E-state index contributed by atoms with van der Waals surface area (Å²) in [5.74, 6) is 0.0172. The first kappa shape index (κ1) is 13.5. The van der Waals surface area contributed by atoms with E-state index in [1.54, 1.807) is 24.2 Å². The fourth-order valence-corrected chi connectivity index (χ4v) is 2.59. The summed E-state index contributed by atoms with van der Waals surface area (Å²) in [4.78, 5) is 21.6. The monoisotopic (exact) mass is 276 g/mol. The number of carbonyl (C=O) groups excluding carboxylic acids is 1. The third-order valence-electron chi connectivity index (χ3n) is 2.60. The summed E-state index contributed by atoms with van der Waals surface area (Å²) in [6, 6.07) is 3.83. The van der Waals surface area contributed by atoms with E-state index >= 15 is 0 Å². The Morgan fingerprint density at radius 3 is 3.00 bits per heavy atom. The number of nitrogens with zero attached hydrogens (tertiary/aromatic N) is 3. The molecule has 100 valence electrons. The summed E-state index contributed by atoms with van der Waals surface area (Å²) < 4.78 is 0. The lowest BCUT2D eigenvalue weighted by Crippen LogP contribution is -2.27. The lowest BCUT2D eigenvalue weighted by molar-refractivity contribution is -0.116. The highest BCUT2D eigenvalue weighted by Crippen LogP contribution is 2.21. The van der Waals surface area contributed by atoms with Gasteiger partial charge in [0, 0.05) is 31.2 Å². The van der Waals surface area contributed by atoms with Gasteiger partial charge in [-0.25, -0.2) is 4.98 Å². The summed E-state index contributed by atoms with van der Waals surface area (Å²) in [5.41, 5.74) is 1.87. The highest BCUT2D eigenvalue weighted by Gasteiger charge is 2.13. The number of anilines is 2. The molecule has 0 spiro atoms. The number of hydrogen-bond acceptors (Lipinski definition) is 5. The smallest absolute Gasteiger partial charge is 0.225 e. The Bertz CT molecular complexity index is 541. The van der Waals surface area contributed by atoms with E-state index in [1.165, 1.54) is 11.3 Å². The van der Waals surface area contributed by atoms with Gasteiger partial charge in [-0.1, -0.05) is 0 Å². The van der Waals surface area contributed by atoms with E-state index < -0.39 is 0 Å². The van der Waals surface area contributed by atoms with Crippen LogP contribution in [0.2, 0.25) is 0 Å². The van der Waals surface area contributed by atoms with Crippen molar-refractivity contribution in [2.75, 3.05) is 16.8 Å². The van der Waals surface area contributed by atoms with Crippen molar-refractivity contribution in [3.05, 3.63) is 35.6 Å². The number of thiazole rings is 1. The van der Waals surface area contributed by atoms with Crippen molar-refractivity contribution in [1.82, 2.24) is 9.97 Å². The summed E-state index contributed by atoms with van der Waals surface area (Å²) in [5, 5.41) is 5.95. The van der Waals surface area contributed by atoms with Crippen molar-refractivity contribution in [3.63, 3.8) is 0 Å². The summed E-state index contributed by atoms with van der Waals surface area (Å²) in [6.45, 7) is 4.75. The SMILES string of the molecule is CCN(C(C)=O)c1nc(CNc2cccnc2)cs1. The van der Waals surface area contributed by atoms with Crippen molar-refractivity contribution in [2.45, 2.75) is 20.4 Å². The molecular formula is C13H16N4OS. The molecule has 0 saturated carbocycles. The molecule has 0 radical (unpaired) electrons. The summed E-state index contributed by atoms with van der Waals surface area (Å²) in [7, 11) is 0. The maximum absolute atomic E-state index is 11.4. The maximum atomic E-state index is 11.4. The van der Waals surface area contributed by atoms with Gasteiger partial charge < -0.3 is 5.32 Å². The molecule has 2 rings (SSSR count). The third kappa shape index (κ3) is 3.51. The molecule has 19 heavy (non-hydrogen) atoms. The second-order valence-corrected chi connectivity index (χ2v) is 4.82. The number of nitrogens with one attached hydrogen (secondary N) is 1. The average molecular weight is 276 g/mol. The molecule has 1 amide bonds. The zero-order chi connectivity index (χ0) is 13.7. The predicted molar refractivity (Wildman–Crippen MR) is 77.4 cm³/mol. The first-order valence-corrected chi connectivity index (χ1v) is 6.95. The van der Waals surface area contributed by atoms with E-state index in [4.69, 9.17) is 0 Å². The first-order valence-electron chi connectivity index (χ1n) is 6.07. The zero-order valence-electron chi connectivity index (χ0n) is 11.0. The van der Waals surface area contributed by atoms with Crippen LogP contribution in [0.1, 0.15) is 19.5 Å². The van der Waals surface area contributed by atoms with Gasteiger partial charge in [0.15, 0.2) is 5.13 Å². The Labute approximate surface area is 116 Å². The molecule has 0 aliphatic carbocycles. The number of rotatable bonds is 5. The maximum Gasteiger partial charge on any atom is 0.225 e. The first-order chi connectivity index (χ1) is 9.20. The second-order valence-electron chi connectivity index (χ2n) is 3.98. The molecule has 0 atom stereocenters. The zero-order valence-corrected chi connectivity index (χ0v) is 11.8. The van der Waals surface area contributed by atoms with E-state index in [2.05, 4.69) is 15.3 Å². The second kappa shape index (κ2) is 6.29. The Morgan fingerprint density at radius 2 is 2.37 bits per heavy atom. The molecule has 0 bridgehead atoms. The van der Waals surface area contributed by atoms with Crippen LogP contribution < -0.4 is 10.2 Å². The van der Waals surface area contributed by atoms with Crippen LogP contribution in [0.4, 0.5) is 10.8 Å². The normalized spacial score (nSPS) is 10.2. The standard InChI is InChI=1S/C13H16N4OS/c1-3-17(10(2)18)13-16-12(9-19-13)8-15-11-5-4-6-14-7-11/h4-7,9,15H,3,8H2,1-2H3. The molecule has 2 heterocycles. The van der Waals surface area contributed by atoms with Crippen molar-refractivity contribution in [3.8, 4) is 0 Å². The predicted octanol–water partition coefficient (Wildman–Crippen LogP) is 2.52. The number of carbonyl (C=O) groups is 1. The lowest BCUT2D eigenvalue weighted by Gasteiger charge is -2.14. The highest BCUT2D eigenvalue weighted by atomic mass is 32.1. The van der Waals surface area contributed by atoms with Crippen LogP contribution in [0.5, 0.6) is 0 Å². The topological polar surface area (TPSA) is 58.1 Å². The minimum atomic E-state index is 0.0172. The van der Waals surface area contributed by atoms with E-state index in [1.807, 2.05) is 24.4 Å². The number of aromatic nitrogens is 2. The van der Waals surface area contributed by atoms with Gasteiger partial charge in [0.1, 0.15) is 0 Å². The third-order valence-corrected chi connectivity index (χ3v) is 3.51. The molecule has 6 heteroatoms. The lowest BCUT2D eigenvalue weighted by atomic mass is 10.4. The number of pyridine rings is 1. The molecule has 5 nitrogen and oxygen atoms in total. The Morgan fingerprint density at radius 1 is 1.53 bits per heavy atom. The minimum Gasteiger partial charge on any atom is -0.378 e. The van der Waals surface area contributed by atoms with Crippen LogP contribution >= 0.6 is 11.3 Å². The summed E-state index contributed by atoms with van der Waals surface area (Å²) in [6.07, 6.45) is 3.50. The number of amides is 1. The molecule has 2 aromatic heterocycles. The van der Waals surface area contributed by atoms with Crippen molar-refractivity contribution >= 4 is 28.1 Å². The van der Waals surface area contributed by atoms with Gasteiger partial charge in [-0.2, -0.15) is 0 Å². The van der Waals surface area contributed by atoms with Crippen molar-refractivity contribution < 1.29 is 4.79 Å². The van der Waals surface area contributed by atoms with E-state index in [0.29, 0.717) is 13.1 Å². The molecule has 0 unspecified atom stereocenters. The fourth-order valence-electron chi connectivity index (χ4n) is 1.65. The highest BCUT2D eigenvalue weighted by molar-refractivity contribution is 7.14. The van der Waals surface area contributed by atoms with Crippen LogP contribution in [0.15, 0.2) is 29.9 Å². The van der Waals surface area contributed by atoms with Gasteiger partial charge in [-0.3, -0.25) is 14.7 Å². The molecular weight excluding hydrogens is 260 g/mol. The van der Waals surface area contributed by atoms with Crippen molar-refractivity contribution in [2.24, 2.45) is 0 Å². The molecule has 0 saturated heterocycles. The molecule has 0 aromatic carbocycles. The number of hydrogen-bond donors (Lipinski definition) is 1. The van der Waals surface area contributed by atoms with Gasteiger partial charge in [0.25, 0.3) is 0 Å². The Hall–Kier alpha value is -1.95. The molecule has 0 aliphatic heterocycles. The van der Waals surface area contributed by atoms with Crippen LogP contribution in [0, 0.1) is 0 Å². The van der Waals surface area contributed by atoms with Gasteiger partial charge in [-0.05, 0) is 19.1 Å². The van der Waals surface area contributed by atoms with Crippen LogP contribution in [0.25, 0.3) is 0 Å². The van der Waals surface area contributed by atoms with E-state index in [9.17, 15) is 4.79 Å². The van der Waals surface area contributed by atoms with Gasteiger partial charge >= 0.3 is 0 Å². The Balaban J connectivity index is 1.99. The van der Waals surface area contributed by atoms with E-state index in [-0.39, 0.29) is 5.91 Å². The molecule has 2 aromatic rings. The van der Waals surface area contributed by atoms with E-state index in [0.717, 1.165) is 16.5 Å². The largest absolute Gasteiger partial charge is 0.378 e. The van der Waals surface area contributed by atoms with Crippen LogP contribution in [0.3, 0.4) is 0 Å². The average Bonchev–Trinajstić information content (AvgIpc) is 2.87. The van der Waals surface area contributed by atoms with Crippen LogP contribution in [-0.2, 0) is 11.3 Å². The molecule has 0 fully saturated rings. The quantitative estimate of drug-likeness (QED) is 0.911. The summed E-state index contributed by atoms with van der Waals surface area (Å²) >= 11 is 1.48. The van der Waals surface area contributed by atoms with Gasteiger partial charge in [0.2, 0.25) is 5.91 Å². The van der Waals surface area contributed by atoms with Gasteiger partial charge in [0.05, 0.1) is 17.9 Å². The Kier molecular flexibility index (Phi) is 4.46. The van der Waals surface area contributed by atoms with Crippen LogP contribution in [-0.4, -0.2) is 22.4 Å². The minimum absolute atomic E-state index is 0.0172.